The van der Waals surface area contributed by atoms with Crippen molar-refractivity contribution in [3.8, 4) is 0 Å². The second kappa shape index (κ2) is 7.12. The van der Waals surface area contributed by atoms with Crippen molar-refractivity contribution in [2.45, 2.75) is 12.5 Å². The summed E-state index contributed by atoms with van der Waals surface area (Å²) in [7, 11) is 0. The molecular formula is C16H11F4NO3. The van der Waals surface area contributed by atoms with Gasteiger partial charge in [-0.1, -0.05) is 0 Å². The summed E-state index contributed by atoms with van der Waals surface area (Å²) in [6.07, 6.45) is -0.504. The van der Waals surface area contributed by atoms with Crippen molar-refractivity contribution in [3.63, 3.8) is 0 Å². The van der Waals surface area contributed by atoms with Gasteiger partial charge in [0.25, 0.3) is 0 Å². The molecular weight excluding hydrogens is 330 g/mol. The number of amides is 1. The van der Waals surface area contributed by atoms with Crippen LogP contribution in [0.2, 0.25) is 0 Å². The molecule has 2 aromatic rings. The Morgan fingerprint density at radius 1 is 0.875 bits per heavy atom. The molecule has 0 fully saturated rings. The summed E-state index contributed by atoms with van der Waals surface area (Å²) in [6.45, 7) is 0. The van der Waals surface area contributed by atoms with Gasteiger partial charge in [0.15, 0.2) is 6.04 Å². The largest absolute Gasteiger partial charge is 0.479 e. The standard InChI is InChI=1S/C16H11F4NO3/c17-10-1-8(2-11(18)6-10)3-14(22)21-15(16(23)24)9-4-12(19)7-13(20)5-9/h1-2,4-7,15H,3H2,(H,21,22)(H,23,24)/t15-/m0/s1. The number of hydrogen-bond donors (Lipinski definition) is 2. The fourth-order valence-electron chi connectivity index (χ4n) is 2.14. The maximum absolute atomic E-state index is 13.2. The zero-order valence-corrected chi connectivity index (χ0v) is 12.0. The van der Waals surface area contributed by atoms with Crippen LogP contribution < -0.4 is 5.32 Å². The van der Waals surface area contributed by atoms with Crippen LogP contribution in [0.25, 0.3) is 0 Å². The van der Waals surface area contributed by atoms with Gasteiger partial charge in [0.1, 0.15) is 23.3 Å². The summed E-state index contributed by atoms with van der Waals surface area (Å²) >= 11 is 0. The first kappa shape index (κ1) is 17.5. The molecule has 1 amide bonds. The van der Waals surface area contributed by atoms with Crippen LogP contribution >= 0.6 is 0 Å². The van der Waals surface area contributed by atoms with Crippen molar-refractivity contribution in [1.29, 1.82) is 0 Å². The molecule has 2 aromatic carbocycles. The molecule has 0 aliphatic carbocycles. The van der Waals surface area contributed by atoms with Crippen molar-refractivity contribution in [2.75, 3.05) is 0 Å². The van der Waals surface area contributed by atoms with Gasteiger partial charge in [0.05, 0.1) is 6.42 Å². The first-order valence-corrected chi connectivity index (χ1v) is 6.68. The average Bonchev–Trinajstić information content (AvgIpc) is 2.42. The van der Waals surface area contributed by atoms with Gasteiger partial charge < -0.3 is 10.4 Å². The van der Waals surface area contributed by atoms with Crippen LogP contribution in [0.4, 0.5) is 17.6 Å². The highest BCUT2D eigenvalue weighted by Crippen LogP contribution is 2.17. The van der Waals surface area contributed by atoms with Crippen molar-refractivity contribution < 1.29 is 32.3 Å². The maximum atomic E-state index is 13.2. The number of hydrogen-bond acceptors (Lipinski definition) is 2. The van der Waals surface area contributed by atoms with Gasteiger partial charge in [0, 0.05) is 12.1 Å². The highest BCUT2D eigenvalue weighted by molar-refractivity contribution is 5.85. The van der Waals surface area contributed by atoms with Gasteiger partial charge >= 0.3 is 5.97 Å². The summed E-state index contributed by atoms with van der Waals surface area (Å²) in [5.74, 6) is -6.20. The van der Waals surface area contributed by atoms with E-state index in [2.05, 4.69) is 5.32 Å². The van der Waals surface area contributed by atoms with Gasteiger partial charge in [-0.05, 0) is 35.4 Å². The van der Waals surface area contributed by atoms with E-state index in [-0.39, 0.29) is 11.1 Å². The van der Waals surface area contributed by atoms with E-state index >= 15 is 0 Å². The minimum absolute atomic E-state index is 0.0143. The number of carboxylic acids is 1. The Bertz CT molecular complexity index is 754. The van der Waals surface area contributed by atoms with E-state index in [9.17, 15) is 27.2 Å². The quantitative estimate of drug-likeness (QED) is 0.822. The second-order valence-corrected chi connectivity index (χ2v) is 5.00. The number of nitrogens with one attached hydrogen (secondary N) is 1. The predicted molar refractivity (Wildman–Crippen MR) is 74.9 cm³/mol. The van der Waals surface area contributed by atoms with Crippen molar-refractivity contribution in [3.05, 3.63) is 70.8 Å². The number of halogens is 4. The van der Waals surface area contributed by atoms with E-state index in [0.717, 1.165) is 24.3 Å². The third-order valence-corrected chi connectivity index (χ3v) is 3.06. The molecule has 0 saturated carbocycles. The predicted octanol–water partition coefficient (Wildman–Crippen LogP) is 2.73. The molecule has 126 valence electrons. The monoisotopic (exact) mass is 341 g/mol. The van der Waals surface area contributed by atoms with Crippen LogP contribution in [0.15, 0.2) is 36.4 Å². The fraction of sp³-hybridized carbons (Fsp3) is 0.125. The van der Waals surface area contributed by atoms with Crippen molar-refractivity contribution in [1.82, 2.24) is 5.32 Å². The Morgan fingerprint density at radius 3 is 1.79 bits per heavy atom. The van der Waals surface area contributed by atoms with E-state index in [1.165, 1.54) is 0 Å². The molecule has 0 saturated heterocycles. The van der Waals surface area contributed by atoms with Crippen LogP contribution in [-0.2, 0) is 16.0 Å². The Labute approximate surface area is 133 Å². The Balaban J connectivity index is 2.18. The topological polar surface area (TPSA) is 66.4 Å². The number of carbonyl (C=O) groups excluding carboxylic acids is 1. The van der Waals surface area contributed by atoms with Crippen LogP contribution in [0.3, 0.4) is 0 Å². The first-order valence-electron chi connectivity index (χ1n) is 6.68. The molecule has 4 nitrogen and oxygen atoms in total. The minimum atomic E-state index is -1.71. The van der Waals surface area contributed by atoms with Gasteiger partial charge in [-0.15, -0.1) is 0 Å². The number of aliphatic carboxylic acids is 1. The van der Waals surface area contributed by atoms with Crippen LogP contribution in [0.1, 0.15) is 17.2 Å². The zero-order chi connectivity index (χ0) is 17.9. The number of rotatable bonds is 5. The molecule has 0 heterocycles. The van der Waals surface area contributed by atoms with Crippen molar-refractivity contribution >= 4 is 11.9 Å². The number of carbonyl (C=O) groups is 2. The average molecular weight is 341 g/mol. The maximum Gasteiger partial charge on any atom is 0.330 e. The fourth-order valence-corrected chi connectivity index (χ4v) is 2.14. The lowest BCUT2D eigenvalue weighted by Crippen LogP contribution is -2.34. The highest BCUT2D eigenvalue weighted by atomic mass is 19.1. The molecule has 2 rings (SSSR count). The van der Waals surface area contributed by atoms with Crippen LogP contribution in [0, 0.1) is 23.3 Å². The zero-order valence-electron chi connectivity index (χ0n) is 12.0. The molecule has 24 heavy (non-hydrogen) atoms. The summed E-state index contributed by atoms with van der Waals surface area (Å²) in [6, 6.07) is 2.84. The molecule has 2 N–H and O–H groups in total. The molecule has 0 aliphatic heterocycles. The molecule has 0 aromatic heterocycles. The van der Waals surface area contributed by atoms with Gasteiger partial charge in [-0.25, -0.2) is 22.4 Å². The van der Waals surface area contributed by atoms with Gasteiger partial charge in [-0.2, -0.15) is 0 Å². The third kappa shape index (κ3) is 4.55. The van der Waals surface area contributed by atoms with Gasteiger partial charge in [0.2, 0.25) is 5.91 Å². The lowest BCUT2D eigenvalue weighted by Gasteiger charge is -2.15. The molecule has 8 heteroatoms. The van der Waals surface area contributed by atoms with Crippen LogP contribution in [0.5, 0.6) is 0 Å². The summed E-state index contributed by atoms with van der Waals surface area (Å²) in [5, 5.41) is 11.2. The Kier molecular flexibility index (Phi) is 5.18. The third-order valence-electron chi connectivity index (χ3n) is 3.06. The minimum Gasteiger partial charge on any atom is -0.479 e. The van der Waals surface area contributed by atoms with E-state index < -0.39 is 47.6 Å². The van der Waals surface area contributed by atoms with E-state index in [1.54, 1.807) is 0 Å². The lowest BCUT2D eigenvalue weighted by molar-refractivity contribution is -0.142. The van der Waals surface area contributed by atoms with Gasteiger partial charge in [-0.3, -0.25) is 4.79 Å². The van der Waals surface area contributed by atoms with E-state index in [0.29, 0.717) is 12.1 Å². The summed E-state index contributed by atoms with van der Waals surface area (Å²) in [5.41, 5.74) is -0.321. The molecule has 0 radical (unpaired) electrons. The highest BCUT2D eigenvalue weighted by Gasteiger charge is 2.23. The summed E-state index contributed by atoms with van der Waals surface area (Å²) < 4.78 is 52.5. The first-order chi connectivity index (χ1) is 11.2. The molecule has 1 atom stereocenters. The molecule has 0 unspecified atom stereocenters. The van der Waals surface area contributed by atoms with Crippen LogP contribution in [-0.4, -0.2) is 17.0 Å². The Morgan fingerprint density at radius 2 is 1.33 bits per heavy atom. The summed E-state index contributed by atoms with van der Waals surface area (Å²) in [4.78, 5) is 23.1. The lowest BCUT2D eigenvalue weighted by atomic mass is 10.1. The van der Waals surface area contributed by atoms with Crippen molar-refractivity contribution in [2.24, 2.45) is 0 Å². The Hall–Kier alpha value is -2.90. The smallest absolute Gasteiger partial charge is 0.330 e. The number of benzene rings is 2. The second-order valence-electron chi connectivity index (χ2n) is 5.00. The molecule has 0 aliphatic rings. The molecule has 0 bridgehead atoms. The van der Waals surface area contributed by atoms with E-state index in [1.807, 2.05) is 0 Å². The normalized spacial score (nSPS) is 11.8. The van der Waals surface area contributed by atoms with E-state index in [4.69, 9.17) is 5.11 Å². The number of carboxylic acid groups (broad SMARTS) is 1. The molecule has 0 spiro atoms. The SMILES string of the molecule is O=C(Cc1cc(F)cc(F)c1)N[C@H](C(=O)O)c1cc(F)cc(F)c1.